The van der Waals surface area contributed by atoms with Gasteiger partial charge in [0.2, 0.25) is 0 Å². The molecule has 2 heterocycles. The fourth-order valence-electron chi connectivity index (χ4n) is 3.48. The maximum absolute atomic E-state index is 14.2. The second-order valence-corrected chi connectivity index (χ2v) is 6.48. The van der Waals surface area contributed by atoms with Crippen molar-refractivity contribution in [2.45, 2.75) is 38.8 Å². The molecular formula is C18H24FN3O2. The predicted octanol–water partition coefficient (Wildman–Crippen LogP) is 2.41. The molecule has 0 aliphatic carbocycles. The van der Waals surface area contributed by atoms with Crippen molar-refractivity contribution in [1.82, 2.24) is 14.7 Å². The van der Waals surface area contributed by atoms with Crippen LogP contribution in [0.4, 0.5) is 4.39 Å². The number of piperidine rings is 1. The molecule has 5 nitrogen and oxygen atoms in total. The first kappa shape index (κ1) is 16.9. The van der Waals surface area contributed by atoms with E-state index in [-0.39, 0.29) is 18.3 Å². The summed E-state index contributed by atoms with van der Waals surface area (Å²) in [6.45, 7) is 5.06. The summed E-state index contributed by atoms with van der Waals surface area (Å²) >= 11 is 0. The van der Waals surface area contributed by atoms with Gasteiger partial charge in [-0.15, -0.1) is 0 Å². The quantitative estimate of drug-likeness (QED) is 0.882. The van der Waals surface area contributed by atoms with Crippen molar-refractivity contribution < 1.29 is 14.6 Å². The first-order valence-electron chi connectivity index (χ1n) is 8.42. The highest BCUT2D eigenvalue weighted by atomic mass is 19.1. The van der Waals surface area contributed by atoms with E-state index >= 15 is 0 Å². The standard InChI is InChI=1S/C18H24FN3O2/c1-13-15(12-22(20-13)8-9-23)11-21-7-3-4-14(10-21)16-5-2-6-17(24)18(16)19/h2,5-6,12,14,23-24H,3-4,7-11H2,1H3. The molecule has 24 heavy (non-hydrogen) atoms. The summed E-state index contributed by atoms with van der Waals surface area (Å²) in [7, 11) is 0. The van der Waals surface area contributed by atoms with Crippen LogP contribution in [0.1, 0.15) is 35.6 Å². The molecule has 2 N–H and O–H groups in total. The third-order valence-electron chi connectivity index (χ3n) is 4.72. The second-order valence-electron chi connectivity index (χ2n) is 6.48. The molecule has 6 heteroatoms. The fraction of sp³-hybridized carbons (Fsp3) is 0.500. The molecule has 1 aromatic heterocycles. The highest BCUT2D eigenvalue weighted by molar-refractivity contribution is 5.32. The lowest BCUT2D eigenvalue weighted by atomic mass is 9.90. The Morgan fingerprint density at radius 1 is 1.38 bits per heavy atom. The Labute approximate surface area is 141 Å². The van der Waals surface area contributed by atoms with Gasteiger partial charge in [0.15, 0.2) is 11.6 Å². The van der Waals surface area contributed by atoms with Crippen LogP contribution in [0.3, 0.4) is 0 Å². The zero-order chi connectivity index (χ0) is 17.1. The van der Waals surface area contributed by atoms with E-state index in [1.807, 2.05) is 13.1 Å². The first-order valence-corrected chi connectivity index (χ1v) is 8.42. The van der Waals surface area contributed by atoms with Gasteiger partial charge >= 0.3 is 0 Å². The number of likely N-dealkylation sites (tertiary alicyclic amines) is 1. The summed E-state index contributed by atoms with van der Waals surface area (Å²) in [5.41, 5.74) is 2.71. The van der Waals surface area contributed by atoms with Crippen LogP contribution in [0.5, 0.6) is 5.75 Å². The number of halogens is 1. The predicted molar refractivity (Wildman–Crippen MR) is 89.4 cm³/mol. The number of aliphatic hydroxyl groups is 1. The van der Waals surface area contributed by atoms with Gasteiger partial charge in [0.05, 0.1) is 18.8 Å². The Bertz CT molecular complexity index is 702. The lowest BCUT2D eigenvalue weighted by Crippen LogP contribution is -2.34. The summed E-state index contributed by atoms with van der Waals surface area (Å²) < 4.78 is 16.0. The number of benzene rings is 1. The monoisotopic (exact) mass is 333 g/mol. The molecule has 1 aromatic carbocycles. The van der Waals surface area contributed by atoms with E-state index in [1.54, 1.807) is 16.8 Å². The lowest BCUT2D eigenvalue weighted by molar-refractivity contribution is 0.197. The van der Waals surface area contributed by atoms with Crippen LogP contribution < -0.4 is 0 Å². The van der Waals surface area contributed by atoms with E-state index in [9.17, 15) is 9.50 Å². The van der Waals surface area contributed by atoms with Crippen molar-refractivity contribution in [2.24, 2.45) is 0 Å². The number of aromatic nitrogens is 2. The number of nitrogens with zero attached hydrogens (tertiary/aromatic N) is 3. The van der Waals surface area contributed by atoms with Crippen LogP contribution in [-0.4, -0.2) is 44.6 Å². The molecule has 130 valence electrons. The van der Waals surface area contributed by atoms with E-state index < -0.39 is 5.82 Å². The highest BCUT2D eigenvalue weighted by Crippen LogP contribution is 2.32. The topological polar surface area (TPSA) is 61.5 Å². The summed E-state index contributed by atoms with van der Waals surface area (Å²) in [4.78, 5) is 2.31. The Balaban J connectivity index is 1.71. The third kappa shape index (κ3) is 3.60. The maximum Gasteiger partial charge on any atom is 0.168 e. The van der Waals surface area contributed by atoms with E-state index in [2.05, 4.69) is 10.00 Å². The zero-order valence-corrected chi connectivity index (χ0v) is 14.0. The SMILES string of the molecule is Cc1nn(CCO)cc1CN1CCCC(c2cccc(O)c2F)C1. The minimum atomic E-state index is -0.490. The first-order chi connectivity index (χ1) is 11.6. The Morgan fingerprint density at radius 2 is 2.21 bits per heavy atom. The third-order valence-corrected chi connectivity index (χ3v) is 4.72. The van der Waals surface area contributed by atoms with Crippen LogP contribution >= 0.6 is 0 Å². The summed E-state index contributed by atoms with van der Waals surface area (Å²) in [6.07, 6.45) is 3.91. The number of aromatic hydroxyl groups is 1. The van der Waals surface area contributed by atoms with Crippen molar-refractivity contribution in [3.63, 3.8) is 0 Å². The van der Waals surface area contributed by atoms with Crippen molar-refractivity contribution in [3.05, 3.63) is 47.0 Å². The number of phenolic OH excluding ortho intramolecular Hbond substituents is 1. The molecule has 0 amide bonds. The van der Waals surface area contributed by atoms with E-state index in [0.717, 1.165) is 43.7 Å². The average molecular weight is 333 g/mol. The van der Waals surface area contributed by atoms with Gasteiger partial charge in [0.1, 0.15) is 0 Å². The molecule has 0 spiro atoms. The Morgan fingerprint density at radius 3 is 3.00 bits per heavy atom. The van der Waals surface area contributed by atoms with Crippen molar-refractivity contribution in [2.75, 3.05) is 19.7 Å². The lowest BCUT2D eigenvalue weighted by Gasteiger charge is -2.33. The van der Waals surface area contributed by atoms with Gasteiger partial charge in [0, 0.05) is 24.8 Å². The molecule has 1 aliphatic heterocycles. The smallest absolute Gasteiger partial charge is 0.168 e. The number of aliphatic hydroxyl groups excluding tert-OH is 1. The number of rotatable bonds is 5. The van der Waals surface area contributed by atoms with Crippen LogP contribution in [0, 0.1) is 12.7 Å². The van der Waals surface area contributed by atoms with Gasteiger partial charge in [-0.3, -0.25) is 9.58 Å². The summed E-state index contributed by atoms with van der Waals surface area (Å²) in [5.74, 6) is -0.666. The molecule has 3 rings (SSSR count). The number of phenols is 1. The van der Waals surface area contributed by atoms with Gasteiger partial charge in [0.25, 0.3) is 0 Å². The summed E-state index contributed by atoms with van der Waals surface area (Å²) in [5, 5.41) is 23.0. The summed E-state index contributed by atoms with van der Waals surface area (Å²) in [6, 6.07) is 4.86. The Kier molecular flexibility index (Phi) is 5.16. The van der Waals surface area contributed by atoms with Crippen LogP contribution in [0.2, 0.25) is 0 Å². The number of hydrogen-bond donors (Lipinski definition) is 2. The molecule has 1 saturated heterocycles. The Hall–Kier alpha value is -1.92. The van der Waals surface area contributed by atoms with Gasteiger partial charge in [-0.1, -0.05) is 12.1 Å². The van der Waals surface area contributed by atoms with E-state index in [0.29, 0.717) is 12.1 Å². The van der Waals surface area contributed by atoms with Crippen LogP contribution in [0.25, 0.3) is 0 Å². The molecule has 0 bridgehead atoms. The van der Waals surface area contributed by atoms with Gasteiger partial charge in [-0.05, 0) is 43.9 Å². The molecular weight excluding hydrogens is 309 g/mol. The minimum Gasteiger partial charge on any atom is -0.505 e. The van der Waals surface area contributed by atoms with Crippen molar-refractivity contribution >= 4 is 0 Å². The van der Waals surface area contributed by atoms with Gasteiger partial charge < -0.3 is 10.2 Å². The molecule has 1 fully saturated rings. The van der Waals surface area contributed by atoms with Crippen molar-refractivity contribution in [1.29, 1.82) is 0 Å². The van der Waals surface area contributed by atoms with Gasteiger partial charge in [-0.25, -0.2) is 4.39 Å². The largest absolute Gasteiger partial charge is 0.505 e. The molecule has 0 saturated carbocycles. The van der Waals surface area contributed by atoms with Crippen LogP contribution in [0.15, 0.2) is 24.4 Å². The molecule has 2 aromatic rings. The maximum atomic E-state index is 14.2. The molecule has 1 aliphatic rings. The number of aryl methyl sites for hydroxylation is 1. The van der Waals surface area contributed by atoms with E-state index in [1.165, 1.54) is 6.07 Å². The van der Waals surface area contributed by atoms with Gasteiger partial charge in [-0.2, -0.15) is 5.10 Å². The van der Waals surface area contributed by atoms with Crippen molar-refractivity contribution in [3.8, 4) is 5.75 Å². The van der Waals surface area contributed by atoms with Crippen LogP contribution in [-0.2, 0) is 13.1 Å². The molecule has 1 unspecified atom stereocenters. The zero-order valence-electron chi connectivity index (χ0n) is 14.0. The van der Waals surface area contributed by atoms with E-state index in [4.69, 9.17) is 5.11 Å². The average Bonchev–Trinajstić information content (AvgIpc) is 2.90. The molecule has 0 radical (unpaired) electrons. The number of hydrogen-bond acceptors (Lipinski definition) is 4. The molecule has 1 atom stereocenters. The highest BCUT2D eigenvalue weighted by Gasteiger charge is 2.25. The second kappa shape index (κ2) is 7.32. The fourth-order valence-corrected chi connectivity index (χ4v) is 3.48. The minimum absolute atomic E-state index is 0.0725. The normalized spacial score (nSPS) is 18.9.